The van der Waals surface area contributed by atoms with Crippen molar-refractivity contribution in [3.05, 3.63) is 34.8 Å². The fraction of sp³-hybridized carbons (Fsp3) is 0.222. The van der Waals surface area contributed by atoms with E-state index in [9.17, 15) is 0 Å². The molecule has 1 aromatic carbocycles. The highest BCUT2D eigenvalue weighted by molar-refractivity contribution is 7.98. The predicted octanol–water partition coefficient (Wildman–Crippen LogP) is 2.65. The van der Waals surface area contributed by atoms with Crippen LogP contribution in [-0.2, 0) is 11.4 Å². The molecule has 0 fully saturated rings. The lowest BCUT2D eigenvalue weighted by Gasteiger charge is -1.82. The number of hydrogen-bond acceptors (Lipinski definition) is 1. The Morgan fingerprint density at radius 2 is 1.91 bits per heavy atom. The van der Waals surface area contributed by atoms with Crippen LogP contribution in [0.25, 0.3) is 0 Å². The minimum absolute atomic E-state index is 1.35. The first-order valence-electron chi connectivity index (χ1n) is 3.39. The van der Waals surface area contributed by atoms with Crippen molar-refractivity contribution in [1.29, 1.82) is 0 Å². The Bertz CT molecular complexity index is 292. The minimum Gasteiger partial charge on any atom is -0.124 e. The average Bonchev–Trinajstić information content (AvgIpc) is 2.27. The largest absolute Gasteiger partial charge is 0.237 e. The highest BCUT2D eigenvalue weighted by atomic mass is 32.2. The van der Waals surface area contributed by atoms with E-state index >= 15 is 0 Å². The second kappa shape index (κ2) is 4.52. The van der Waals surface area contributed by atoms with Gasteiger partial charge in [-0.05, 0) is 12.3 Å². The van der Waals surface area contributed by atoms with Crippen LogP contribution in [0, 0.1) is 4.51 Å². The summed E-state index contributed by atoms with van der Waals surface area (Å²) in [6.45, 7) is 0. The molecule has 0 amide bonds. The molecule has 0 aromatic heterocycles. The van der Waals surface area contributed by atoms with Crippen LogP contribution in [0.5, 0.6) is 0 Å². The lowest BCUT2D eigenvalue weighted by Crippen LogP contribution is -1.68. The number of thioether (sulfide) groups is 1. The zero-order valence-corrected chi connectivity index (χ0v) is 8.34. The monoisotopic (exact) mass is 183 g/mol. The summed E-state index contributed by atoms with van der Waals surface area (Å²) in [5.74, 6) is 0. The van der Waals surface area contributed by atoms with Crippen molar-refractivity contribution >= 4 is 23.1 Å². The zero-order valence-electron chi connectivity index (χ0n) is 6.70. The SMILES string of the molecule is CSc1cccccc1=[S+]C. The van der Waals surface area contributed by atoms with Gasteiger partial charge < -0.3 is 0 Å². The van der Waals surface area contributed by atoms with Crippen molar-refractivity contribution < 1.29 is 0 Å². The molecule has 0 radical (unpaired) electrons. The average molecular weight is 183 g/mol. The van der Waals surface area contributed by atoms with Crippen molar-refractivity contribution in [2.24, 2.45) is 0 Å². The van der Waals surface area contributed by atoms with E-state index in [1.54, 1.807) is 23.1 Å². The van der Waals surface area contributed by atoms with Crippen LogP contribution in [0.3, 0.4) is 0 Å². The van der Waals surface area contributed by atoms with E-state index in [0.717, 1.165) is 0 Å². The first kappa shape index (κ1) is 8.75. The molecule has 1 aromatic rings. The van der Waals surface area contributed by atoms with Crippen LogP contribution < -0.4 is 0 Å². The molecule has 2 heteroatoms. The number of hydrogen-bond donors (Lipinski definition) is 0. The second-order valence-electron chi connectivity index (χ2n) is 2.05. The highest BCUT2D eigenvalue weighted by Gasteiger charge is 1.96. The molecule has 11 heavy (non-hydrogen) atoms. The van der Waals surface area contributed by atoms with Crippen LogP contribution in [0.1, 0.15) is 0 Å². The third-order valence-electron chi connectivity index (χ3n) is 1.40. The Morgan fingerprint density at radius 1 is 1.18 bits per heavy atom. The zero-order chi connectivity index (χ0) is 8.10. The maximum atomic E-state index is 2.15. The first-order valence-corrected chi connectivity index (χ1v) is 5.83. The maximum absolute atomic E-state index is 2.15. The van der Waals surface area contributed by atoms with E-state index in [-0.39, 0.29) is 0 Å². The van der Waals surface area contributed by atoms with Gasteiger partial charge in [-0.15, -0.1) is 11.8 Å². The van der Waals surface area contributed by atoms with E-state index in [0.29, 0.717) is 0 Å². The molecule has 0 N–H and O–H groups in total. The number of rotatable bonds is 1. The topological polar surface area (TPSA) is 0 Å². The van der Waals surface area contributed by atoms with Gasteiger partial charge in [-0.3, -0.25) is 0 Å². The molecule has 0 saturated carbocycles. The van der Waals surface area contributed by atoms with Gasteiger partial charge in [0.05, 0.1) is 4.90 Å². The van der Waals surface area contributed by atoms with Gasteiger partial charge in [0.25, 0.3) is 0 Å². The van der Waals surface area contributed by atoms with Crippen LogP contribution in [0.15, 0.2) is 35.2 Å². The Balaban J connectivity index is 3.36. The molecular weight excluding hydrogens is 172 g/mol. The van der Waals surface area contributed by atoms with Crippen molar-refractivity contribution in [3.63, 3.8) is 0 Å². The molecule has 1 rings (SSSR count). The van der Waals surface area contributed by atoms with E-state index in [1.807, 2.05) is 0 Å². The third kappa shape index (κ3) is 2.31. The quantitative estimate of drug-likeness (QED) is 0.366. The molecule has 0 aliphatic rings. The van der Waals surface area contributed by atoms with Crippen molar-refractivity contribution in [3.8, 4) is 0 Å². The van der Waals surface area contributed by atoms with Gasteiger partial charge in [-0.25, -0.2) is 0 Å². The Labute approximate surface area is 75.6 Å². The van der Waals surface area contributed by atoms with Crippen LogP contribution in [0.2, 0.25) is 0 Å². The lowest BCUT2D eigenvalue weighted by molar-refractivity contribution is 1.49. The van der Waals surface area contributed by atoms with Crippen LogP contribution in [0.4, 0.5) is 0 Å². The van der Waals surface area contributed by atoms with Gasteiger partial charge in [-0.1, -0.05) is 18.2 Å². The standard InChI is InChI=1S/C9H11S2/c1-10-8-6-4-3-5-7-9(8)11-2/h3-7H,1-2H3/q+1. The Kier molecular flexibility index (Phi) is 3.60. The van der Waals surface area contributed by atoms with E-state index in [2.05, 4.69) is 42.8 Å². The fourth-order valence-corrected chi connectivity index (χ4v) is 2.32. The summed E-state index contributed by atoms with van der Waals surface area (Å²) in [5, 5.41) is 0. The van der Waals surface area contributed by atoms with Gasteiger partial charge in [0.15, 0.2) is 17.6 Å². The van der Waals surface area contributed by atoms with Gasteiger partial charge >= 0.3 is 0 Å². The van der Waals surface area contributed by atoms with Gasteiger partial charge in [0, 0.05) is 6.07 Å². The summed E-state index contributed by atoms with van der Waals surface area (Å²) in [5.41, 5.74) is 0. The summed E-state index contributed by atoms with van der Waals surface area (Å²) in [6, 6.07) is 10.5. The Hall–Kier alpha value is -0.340. The molecule has 0 bridgehead atoms. The van der Waals surface area contributed by atoms with E-state index in [1.165, 1.54) is 9.41 Å². The van der Waals surface area contributed by atoms with E-state index < -0.39 is 0 Å². The molecular formula is C9H11S2+. The molecule has 0 heterocycles. The van der Waals surface area contributed by atoms with Crippen molar-refractivity contribution in [1.82, 2.24) is 0 Å². The van der Waals surface area contributed by atoms with Crippen LogP contribution in [-0.4, -0.2) is 12.5 Å². The van der Waals surface area contributed by atoms with Gasteiger partial charge in [-0.2, -0.15) is 0 Å². The molecule has 0 atom stereocenters. The summed E-state index contributed by atoms with van der Waals surface area (Å²) < 4.78 is 1.35. The molecule has 58 valence electrons. The first-order chi connectivity index (χ1) is 5.38. The lowest BCUT2D eigenvalue weighted by atomic mass is 10.5. The van der Waals surface area contributed by atoms with E-state index in [4.69, 9.17) is 0 Å². The molecule has 0 aliphatic carbocycles. The molecule has 0 unspecified atom stereocenters. The van der Waals surface area contributed by atoms with Crippen LogP contribution >= 0.6 is 11.8 Å². The normalized spacial score (nSPS) is 11.6. The second-order valence-corrected chi connectivity index (χ2v) is 3.74. The molecule has 0 spiro atoms. The molecule has 0 nitrogen and oxygen atoms in total. The van der Waals surface area contributed by atoms with Crippen molar-refractivity contribution in [2.45, 2.75) is 4.90 Å². The predicted molar refractivity (Wildman–Crippen MR) is 54.8 cm³/mol. The summed E-state index contributed by atoms with van der Waals surface area (Å²) in [4.78, 5) is 1.35. The third-order valence-corrected chi connectivity index (χ3v) is 3.12. The highest BCUT2D eigenvalue weighted by Crippen LogP contribution is 2.13. The minimum atomic E-state index is 1.35. The van der Waals surface area contributed by atoms with Gasteiger partial charge in [0.2, 0.25) is 4.51 Å². The molecule has 0 aliphatic heterocycles. The Morgan fingerprint density at radius 3 is 2.55 bits per heavy atom. The van der Waals surface area contributed by atoms with Crippen molar-refractivity contribution in [2.75, 3.05) is 12.5 Å². The maximum Gasteiger partial charge on any atom is 0.237 e. The summed E-state index contributed by atoms with van der Waals surface area (Å²) >= 11 is 3.58. The van der Waals surface area contributed by atoms with Gasteiger partial charge in [0.1, 0.15) is 0 Å². The summed E-state index contributed by atoms with van der Waals surface area (Å²) in [7, 11) is 0. The smallest absolute Gasteiger partial charge is 0.124 e. The fourth-order valence-electron chi connectivity index (χ4n) is 0.852. The summed E-state index contributed by atoms with van der Waals surface area (Å²) in [6.07, 6.45) is 4.21. The molecule has 0 saturated heterocycles.